The molecule has 4 heteroatoms. The summed E-state index contributed by atoms with van der Waals surface area (Å²) in [5.74, 6) is 1.39. The van der Waals surface area contributed by atoms with Crippen molar-refractivity contribution in [3.63, 3.8) is 0 Å². The van der Waals surface area contributed by atoms with Crippen LogP contribution in [0.1, 0.15) is 19.4 Å². The molecular weight excluding hydrogens is 282 g/mol. The first-order valence-corrected chi connectivity index (χ1v) is 7.83. The highest BCUT2D eigenvalue weighted by Gasteiger charge is 2.07. The minimum absolute atomic E-state index is 0.119. The van der Waals surface area contributed by atoms with Gasteiger partial charge in [0, 0.05) is 16.2 Å². The van der Waals surface area contributed by atoms with Crippen molar-refractivity contribution in [1.29, 1.82) is 0 Å². The summed E-state index contributed by atoms with van der Waals surface area (Å²) in [5, 5.41) is 12.7. The van der Waals surface area contributed by atoms with Crippen LogP contribution in [-0.4, -0.2) is 22.8 Å². The van der Waals surface area contributed by atoms with Gasteiger partial charge >= 0.3 is 0 Å². The fraction of sp³-hybridized carbons (Fsp3) is 0.235. The molecular formula is C17H19NO2S. The average molecular weight is 301 g/mol. The van der Waals surface area contributed by atoms with Crippen LogP contribution < -0.4 is 4.74 Å². The highest BCUT2D eigenvalue weighted by atomic mass is 32.2. The van der Waals surface area contributed by atoms with Gasteiger partial charge in [0.05, 0.1) is 11.8 Å². The van der Waals surface area contributed by atoms with Crippen LogP contribution in [0.15, 0.2) is 64.6 Å². The Morgan fingerprint density at radius 1 is 1.14 bits per heavy atom. The van der Waals surface area contributed by atoms with Crippen LogP contribution in [0.3, 0.4) is 0 Å². The van der Waals surface area contributed by atoms with E-state index in [-0.39, 0.29) is 6.10 Å². The molecule has 0 radical (unpaired) electrons. The molecule has 2 aromatic carbocycles. The van der Waals surface area contributed by atoms with E-state index in [1.165, 1.54) is 0 Å². The van der Waals surface area contributed by atoms with E-state index < -0.39 is 0 Å². The Morgan fingerprint density at radius 2 is 1.90 bits per heavy atom. The molecule has 0 unspecified atom stereocenters. The molecule has 2 aromatic rings. The number of rotatable bonds is 6. The molecule has 0 heterocycles. The van der Waals surface area contributed by atoms with E-state index in [9.17, 15) is 5.21 Å². The first kappa shape index (κ1) is 15.4. The molecule has 0 aliphatic heterocycles. The molecule has 0 fully saturated rings. The maximum Gasteiger partial charge on any atom is 0.120 e. The topological polar surface area (TPSA) is 41.8 Å². The van der Waals surface area contributed by atoms with E-state index in [1.807, 2.05) is 68.4 Å². The van der Waals surface area contributed by atoms with Crippen LogP contribution in [0.2, 0.25) is 0 Å². The fourth-order valence-corrected chi connectivity index (χ4v) is 2.74. The van der Waals surface area contributed by atoms with Crippen molar-refractivity contribution in [2.45, 2.75) is 24.8 Å². The zero-order valence-corrected chi connectivity index (χ0v) is 13.0. The van der Waals surface area contributed by atoms with Crippen molar-refractivity contribution in [2.24, 2.45) is 5.16 Å². The fourth-order valence-electron chi connectivity index (χ4n) is 1.86. The third-order valence-corrected chi connectivity index (χ3v) is 3.80. The lowest BCUT2D eigenvalue weighted by Gasteiger charge is -2.11. The van der Waals surface area contributed by atoms with Crippen LogP contribution in [0.5, 0.6) is 5.75 Å². The van der Waals surface area contributed by atoms with Crippen molar-refractivity contribution in [3.8, 4) is 5.75 Å². The van der Waals surface area contributed by atoms with Gasteiger partial charge in [-0.25, -0.2) is 0 Å². The molecule has 0 bridgehead atoms. The summed E-state index contributed by atoms with van der Waals surface area (Å²) >= 11 is 1.64. The molecule has 0 saturated carbocycles. The molecule has 0 amide bonds. The highest BCUT2D eigenvalue weighted by molar-refractivity contribution is 8.00. The number of hydrogen-bond donors (Lipinski definition) is 1. The van der Waals surface area contributed by atoms with Crippen molar-refractivity contribution in [1.82, 2.24) is 0 Å². The molecule has 0 atom stereocenters. The number of thioether (sulfide) groups is 1. The molecule has 110 valence electrons. The summed E-state index contributed by atoms with van der Waals surface area (Å²) in [4.78, 5) is 1.15. The standard InChI is InChI=1S/C17H19NO2S/c1-13(2)20-15-8-6-7-14(11-15)17(18-19)12-21-16-9-4-3-5-10-16/h3-11,13,19H,12H2,1-2H3/b18-17+. The second-order valence-electron chi connectivity index (χ2n) is 4.84. The molecule has 0 saturated heterocycles. The van der Waals surface area contributed by atoms with Gasteiger partial charge in [0.15, 0.2) is 0 Å². The number of hydrogen-bond acceptors (Lipinski definition) is 4. The van der Waals surface area contributed by atoms with Gasteiger partial charge in [-0.2, -0.15) is 0 Å². The zero-order valence-electron chi connectivity index (χ0n) is 12.2. The summed E-state index contributed by atoms with van der Waals surface area (Å²) in [5.41, 5.74) is 1.51. The van der Waals surface area contributed by atoms with Gasteiger partial charge < -0.3 is 9.94 Å². The van der Waals surface area contributed by atoms with Crippen molar-refractivity contribution in [3.05, 3.63) is 60.2 Å². The summed E-state index contributed by atoms with van der Waals surface area (Å²) in [6.07, 6.45) is 0.119. The van der Waals surface area contributed by atoms with Crippen LogP contribution >= 0.6 is 11.8 Å². The second kappa shape index (κ2) is 7.74. The smallest absolute Gasteiger partial charge is 0.120 e. The predicted octanol–water partition coefficient (Wildman–Crippen LogP) is 4.44. The second-order valence-corrected chi connectivity index (χ2v) is 5.89. The molecule has 3 nitrogen and oxygen atoms in total. The third-order valence-electron chi connectivity index (χ3n) is 2.78. The molecule has 0 aliphatic carbocycles. The molecule has 2 rings (SSSR count). The maximum atomic E-state index is 9.26. The zero-order chi connectivity index (χ0) is 15.1. The van der Waals surface area contributed by atoms with Gasteiger partial charge in [0.25, 0.3) is 0 Å². The van der Waals surface area contributed by atoms with Crippen LogP contribution in [-0.2, 0) is 0 Å². The first-order chi connectivity index (χ1) is 10.2. The Morgan fingerprint density at radius 3 is 2.57 bits per heavy atom. The Kier molecular flexibility index (Phi) is 5.69. The predicted molar refractivity (Wildman–Crippen MR) is 87.7 cm³/mol. The van der Waals surface area contributed by atoms with Gasteiger partial charge in [-0.3, -0.25) is 0 Å². The number of benzene rings is 2. The Bertz CT molecular complexity index is 597. The Labute approximate surface area is 129 Å². The van der Waals surface area contributed by atoms with Crippen LogP contribution in [0, 0.1) is 0 Å². The normalized spacial score (nSPS) is 11.7. The summed E-state index contributed by atoms with van der Waals surface area (Å²) in [6.45, 7) is 3.97. The third kappa shape index (κ3) is 4.83. The SMILES string of the molecule is CC(C)Oc1cccc(/C(CSc2ccccc2)=N/O)c1. The first-order valence-electron chi connectivity index (χ1n) is 6.85. The van der Waals surface area contributed by atoms with E-state index in [0.29, 0.717) is 11.5 Å². The summed E-state index contributed by atoms with van der Waals surface area (Å²) in [7, 11) is 0. The molecule has 0 aromatic heterocycles. The van der Waals surface area contributed by atoms with Gasteiger partial charge in [0.1, 0.15) is 5.75 Å². The lowest BCUT2D eigenvalue weighted by atomic mass is 10.1. The van der Waals surface area contributed by atoms with Crippen molar-refractivity contribution < 1.29 is 9.94 Å². The molecule has 0 spiro atoms. The Hall–Kier alpha value is -1.94. The van der Waals surface area contributed by atoms with E-state index in [1.54, 1.807) is 11.8 Å². The summed E-state index contributed by atoms with van der Waals surface area (Å²) < 4.78 is 5.67. The quantitative estimate of drug-likeness (QED) is 0.371. The lowest BCUT2D eigenvalue weighted by molar-refractivity contribution is 0.242. The van der Waals surface area contributed by atoms with Gasteiger partial charge in [-0.1, -0.05) is 35.5 Å². The largest absolute Gasteiger partial charge is 0.491 e. The molecule has 1 N–H and O–H groups in total. The van der Waals surface area contributed by atoms with Gasteiger partial charge in [-0.15, -0.1) is 11.8 Å². The van der Waals surface area contributed by atoms with Crippen LogP contribution in [0.25, 0.3) is 0 Å². The van der Waals surface area contributed by atoms with Crippen LogP contribution in [0.4, 0.5) is 0 Å². The number of oxime groups is 1. The van der Waals surface area contributed by atoms with E-state index in [2.05, 4.69) is 5.16 Å². The van der Waals surface area contributed by atoms with E-state index >= 15 is 0 Å². The van der Waals surface area contributed by atoms with Gasteiger partial charge in [-0.05, 0) is 38.1 Å². The van der Waals surface area contributed by atoms with Gasteiger partial charge in [0.2, 0.25) is 0 Å². The number of nitrogens with zero attached hydrogens (tertiary/aromatic N) is 1. The molecule has 21 heavy (non-hydrogen) atoms. The highest BCUT2D eigenvalue weighted by Crippen LogP contribution is 2.21. The minimum atomic E-state index is 0.119. The van der Waals surface area contributed by atoms with E-state index in [4.69, 9.17) is 4.74 Å². The molecule has 0 aliphatic rings. The Balaban J connectivity index is 2.07. The lowest BCUT2D eigenvalue weighted by Crippen LogP contribution is -2.08. The monoisotopic (exact) mass is 301 g/mol. The maximum absolute atomic E-state index is 9.26. The van der Waals surface area contributed by atoms with E-state index in [0.717, 1.165) is 16.2 Å². The van der Waals surface area contributed by atoms with Crippen molar-refractivity contribution >= 4 is 17.5 Å². The average Bonchev–Trinajstić information content (AvgIpc) is 2.49. The number of ether oxygens (including phenoxy) is 1. The van der Waals surface area contributed by atoms with Crippen molar-refractivity contribution in [2.75, 3.05) is 5.75 Å². The minimum Gasteiger partial charge on any atom is -0.491 e. The summed E-state index contributed by atoms with van der Waals surface area (Å²) in [6, 6.07) is 17.7.